The van der Waals surface area contributed by atoms with Crippen LogP contribution in [0.5, 0.6) is 5.75 Å². The first-order valence-corrected chi connectivity index (χ1v) is 11.4. The van der Waals surface area contributed by atoms with E-state index in [9.17, 15) is 4.79 Å². The molecule has 6 nitrogen and oxygen atoms in total. The van der Waals surface area contributed by atoms with E-state index in [1.165, 1.54) is 11.3 Å². The number of hydrogen-bond donors (Lipinski definition) is 2. The van der Waals surface area contributed by atoms with Gasteiger partial charge in [0, 0.05) is 38.9 Å². The predicted molar refractivity (Wildman–Crippen MR) is 143 cm³/mol. The van der Waals surface area contributed by atoms with Crippen LogP contribution < -0.4 is 15.0 Å². The zero-order valence-corrected chi connectivity index (χ0v) is 21.0. The molecule has 8 heteroatoms. The van der Waals surface area contributed by atoms with Crippen molar-refractivity contribution in [1.82, 2.24) is 15.2 Å². The summed E-state index contributed by atoms with van der Waals surface area (Å²) in [4.78, 5) is 19.8. The highest BCUT2D eigenvalue weighted by Gasteiger charge is 2.19. The van der Waals surface area contributed by atoms with Gasteiger partial charge in [0.25, 0.3) is 5.91 Å². The van der Waals surface area contributed by atoms with Crippen molar-refractivity contribution in [2.24, 2.45) is 0 Å². The minimum Gasteiger partial charge on any atom is -0.487 e. The zero-order chi connectivity index (χ0) is 22.0. The fraction of sp³-hybridized carbons (Fsp3) is 0.346. The Labute approximate surface area is 214 Å². The Balaban J connectivity index is 0.00000204. The van der Waals surface area contributed by atoms with Crippen LogP contribution in [-0.4, -0.2) is 55.1 Å². The van der Waals surface area contributed by atoms with Crippen LogP contribution in [-0.2, 0) is 6.61 Å². The molecule has 0 unspecified atom stereocenters. The number of carbonyl (C=O) groups is 1. The Kier molecular flexibility index (Phi) is 11.8. The maximum Gasteiger partial charge on any atom is 0.267 e. The average Bonchev–Trinajstić information content (AvgIpc) is 3.39. The topological polar surface area (TPSA) is 60.6 Å². The Morgan fingerprint density at radius 3 is 2.35 bits per heavy atom. The number of aromatic amines is 1. The maximum absolute atomic E-state index is 11.9. The highest BCUT2D eigenvalue weighted by Crippen LogP contribution is 2.29. The number of nitrogens with zero attached hydrogens (tertiary/aromatic N) is 2. The number of ether oxygens (including phenoxy) is 1. The van der Waals surface area contributed by atoms with Crippen LogP contribution in [0.3, 0.4) is 0 Å². The molecule has 2 heterocycles. The quantitative estimate of drug-likeness (QED) is 0.390. The Morgan fingerprint density at radius 2 is 1.62 bits per heavy atom. The van der Waals surface area contributed by atoms with Gasteiger partial charge in [0.15, 0.2) is 0 Å². The lowest BCUT2D eigenvalue weighted by atomic mass is 10.2. The van der Waals surface area contributed by atoms with Crippen molar-refractivity contribution >= 4 is 36.4 Å². The molecule has 1 aliphatic rings. The largest absolute Gasteiger partial charge is 0.487 e. The predicted octanol–water partition coefficient (Wildman–Crippen LogP) is 4.77. The van der Waals surface area contributed by atoms with Crippen LogP contribution >= 0.6 is 24.8 Å². The molecule has 4 rings (SSSR count). The Bertz CT molecular complexity index is 962. The lowest BCUT2D eigenvalue weighted by molar-refractivity contribution is 0.0948. The summed E-state index contributed by atoms with van der Waals surface area (Å²) in [5, 5.41) is 2.97. The van der Waals surface area contributed by atoms with Gasteiger partial charge in [-0.3, -0.25) is 9.69 Å². The van der Waals surface area contributed by atoms with Crippen LogP contribution in [0.15, 0.2) is 72.9 Å². The third-order valence-corrected chi connectivity index (χ3v) is 5.84. The number of anilines is 1. The fourth-order valence-electron chi connectivity index (χ4n) is 4.02. The first kappa shape index (κ1) is 27.6. The van der Waals surface area contributed by atoms with Crippen molar-refractivity contribution < 1.29 is 9.53 Å². The first-order chi connectivity index (χ1) is 15.8. The Hall–Kier alpha value is -2.67. The molecule has 184 valence electrons. The molecule has 2 N–H and O–H groups in total. The van der Waals surface area contributed by atoms with Gasteiger partial charge >= 0.3 is 0 Å². The second-order valence-corrected chi connectivity index (χ2v) is 8.12. The van der Waals surface area contributed by atoms with Crippen molar-refractivity contribution in [1.29, 1.82) is 0 Å². The molecule has 0 bridgehead atoms. The van der Waals surface area contributed by atoms with E-state index < -0.39 is 0 Å². The molecule has 1 aromatic heterocycles. The summed E-state index contributed by atoms with van der Waals surface area (Å²) in [6, 6.07) is 22.2. The van der Waals surface area contributed by atoms with Gasteiger partial charge in [0.2, 0.25) is 0 Å². The molecule has 0 radical (unpaired) electrons. The summed E-state index contributed by atoms with van der Waals surface area (Å²) in [5.41, 5.74) is 2.97. The van der Waals surface area contributed by atoms with Gasteiger partial charge in [-0.15, -0.1) is 24.8 Å². The average molecular weight is 505 g/mol. The number of hydrogen-bond acceptors (Lipinski definition) is 4. The first-order valence-electron chi connectivity index (χ1n) is 11.4. The number of piperazine rings is 1. The van der Waals surface area contributed by atoms with Crippen LogP contribution in [0.25, 0.3) is 0 Å². The molecule has 1 aliphatic heterocycles. The number of halogens is 2. The second-order valence-electron chi connectivity index (χ2n) is 8.12. The van der Waals surface area contributed by atoms with Gasteiger partial charge in [-0.2, -0.15) is 0 Å². The Morgan fingerprint density at radius 1 is 0.882 bits per heavy atom. The smallest absolute Gasteiger partial charge is 0.267 e. The number of carbonyl (C=O) groups excluding carboxylic acids is 1. The van der Waals surface area contributed by atoms with Crippen molar-refractivity contribution in [3.8, 4) is 5.75 Å². The van der Waals surface area contributed by atoms with Crippen LogP contribution in [0.2, 0.25) is 0 Å². The van der Waals surface area contributed by atoms with Gasteiger partial charge in [-0.1, -0.05) is 42.5 Å². The van der Waals surface area contributed by atoms with Crippen molar-refractivity contribution in [3.63, 3.8) is 0 Å². The second kappa shape index (κ2) is 14.6. The summed E-state index contributed by atoms with van der Waals surface area (Å²) in [5.74, 6) is 0.916. The molecule has 1 fully saturated rings. The summed E-state index contributed by atoms with van der Waals surface area (Å²) in [6.45, 7) is 6.44. The number of benzene rings is 2. The SMILES string of the molecule is Cl.Cl.O=C(NCCCCN1CCN(c2ccccc2OCc2ccccc2)CC1)c1ccc[nH]1. The van der Waals surface area contributed by atoms with E-state index in [0.29, 0.717) is 18.8 Å². The van der Waals surface area contributed by atoms with Crippen LogP contribution in [0, 0.1) is 0 Å². The number of nitrogens with one attached hydrogen (secondary N) is 2. The van der Waals surface area contributed by atoms with Gasteiger partial charge < -0.3 is 19.9 Å². The van der Waals surface area contributed by atoms with E-state index in [0.717, 1.165) is 51.3 Å². The van der Waals surface area contributed by atoms with E-state index in [1.807, 2.05) is 30.3 Å². The zero-order valence-electron chi connectivity index (χ0n) is 19.3. The lowest BCUT2D eigenvalue weighted by Crippen LogP contribution is -2.46. The fourth-order valence-corrected chi connectivity index (χ4v) is 4.02. The van der Waals surface area contributed by atoms with Crippen molar-refractivity contribution in [2.75, 3.05) is 44.2 Å². The molecule has 1 saturated heterocycles. The number of aromatic nitrogens is 1. The summed E-state index contributed by atoms with van der Waals surface area (Å²) in [6.07, 6.45) is 3.84. The monoisotopic (exact) mass is 504 g/mol. The van der Waals surface area contributed by atoms with Crippen LogP contribution in [0.4, 0.5) is 5.69 Å². The highest BCUT2D eigenvalue weighted by molar-refractivity contribution is 5.92. The molecule has 0 atom stereocenters. The van der Waals surface area contributed by atoms with E-state index in [4.69, 9.17) is 4.74 Å². The van der Waals surface area contributed by atoms with Gasteiger partial charge in [-0.05, 0) is 49.2 Å². The summed E-state index contributed by atoms with van der Waals surface area (Å²) in [7, 11) is 0. The lowest BCUT2D eigenvalue weighted by Gasteiger charge is -2.36. The van der Waals surface area contributed by atoms with E-state index in [1.54, 1.807) is 12.3 Å². The molecule has 34 heavy (non-hydrogen) atoms. The molecule has 3 aromatic rings. The number of unbranched alkanes of at least 4 members (excludes halogenated alkanes) is 1. The number of H-pyrrole nitrogens is 1. The van der Waals surface area contributed by atoms with E-state index in [-0.39, 0.29) is 30.7 Å². The number of rotatable bonds is 10. The van der Waals surface area contributed by atoms with E-state index in [2.05, 4.69) is 50.4 Å². The molecule has 2 aromatic carbocycles. The highest BCUT2D eigenvalue weighted by atomic mass is 35.5. The van der Waals surface area contributed by atoms with Gasteiger partial charge in [0.1, 0.15) is 18.1 Å². The molecule has 0 saturated carbocycles. The van der Waals surface area contributed by atoms with Gasteiger partial charge in [0.05, 0.1) is 5.69 Å². The van der Waals surface area contributed by atoms with Crippen molar-refractivity contribution in [2.45, 2.75) is 19.4 Å². The van der Waals surface area contributed by atoms with E-state index >= 15 is 0 Å². The van der Waals surface area contributed by atoms with Crippen LogP contribution in [0.1, 0.15) is 28.9 Å². The maximum atomic E-state index is 11.9. The minimum absolute atomic E-state index is 0. The number of amides is 1. The molecular formula is C26H34Cl2N4O2. The molecular weight excluding hydrogens is 471 g/mol. The summed E-state index contributed by atoms with van der Waals surface area (Å²) < 4.78 is 6.15. The van der Waals surface area contributed by atoms with Crippen molar-refractivity contribution in [3.05, 3.63) is 84.2 Å². The minimum atomic E-state index is -0.0308. The molecule has 0 aliphatic carbocycles. The molecule has 0 spiro atoms. The van der Waals surface area contributed by atoms with Gasteiger partial charge in [-0.25, -0.2) is 0 Å². The third-order valence-electron chi connectivity index (χ3n) is 5.84. The molecule has 1 amide bonds. The number of para-hydroxylation sites is 2. The normalized spacial score (nSPS) is 13.5. The summed E-state index contributed by atoms with van der Waals surface area (Å²) >= 11 is 0. The standard InChI is InChI=1S/C26H32N4O2.2ClH/c31-26(23-11-8-15-27-23)28-14-6-7-16-29-17-19-30(20-18-29)24-12-4-5-13-25(24)32-21-22-9-2-1-3-10-22;;/h1-5,8-13,15,27H,6-7,14,16-21H2,(H,28,31);2*1H. The third kappa shape index (κ3) is 7.97.